The summed E-state index contributed by atoms with van der Waals surface area (Å²) in [5.41, 5.74) is 0. The molecular weight excluding hydrogens is 394 g/mol. The van der Waals surface area contributed by atoms with Crippen molar-refractivity contribution in [1.29, 1.82) is 0 Å². The maximum absolute atomic E-state index is 12.8. The Balaban J connectivity index is 2.27. The molecule has 1 aliphatic heterocycles. The molecule has 27 heavy (non-hydrogen) atoms. The topological polar surface area (TPSA) is 113 Å². The molecule has 0 aromatic heterocycles. The van der Waals surface area contributed by atoms with E-state index in [0.29, 0.717) is 19.6 Å². The molecular formula is C16H25N3O6S2. The molecule has 9 nitrogen and oxygen atoms in total. The summed E-state index contributed by atoms with van der Waals surface area (Å²) in [6, 6.07) is 5.08. The van der Waals surface area contributed by atoms with Gasteiger partial charge in [0.2, 0.25) is 26.0 Å². The van der Waals surface area contributed by atoms with Crippen molar-refractivity contribution in [2.24, 2.45) is 0 Å². The number of rotatable bonds is 8. The average Bonchev–Trinajstić information content (AvgIpc) is 2.68. The van der Waals surface area contributed by atoms with Crippen LogP contribution in [0.5, 0.6) is 0 Å². The Kier molecular flexibility index (Phi) is 7.34. The highest BCUT2D eigenvalue weighted by molar-refractivity contribution is 7.89. The Morgan fingerprint density at radius 3 is 2.19 bits per heavy atom. The van der Waals surface area contributed by atoms with Crippen LogP contribution in [0, 0.1) is 0 Å². The van der Waals surface area contributed by atoms with E-state index in [2.05, 4.69) is 5.32 Å². The quantitative estimate of drug-likeness (QED) is 0.627. The number of amides is 1. The van der Waals surface area contributed by atoms with Crippen LogP contribution in [0.2, 0.25) is 0 Å². The van der Waals surface area contributed by atoms with Crippen LogP contribution in [0.3, 0.4) is 0 Å². The lowest BCUT2D eigenvalue weighted by Gasteiger charge is -2.26. The van der Waals surface area contributed by atoms with E-state index < -0.39 is 26.0 Å². The molecule has 1 aromatic carbocycles. The van der Waals surface area contributed by atoms with Gasteiger partial charge in [0.1, 0.15) is 0 Å². The van der Waals surface area contributed by atoms with E-state index in [-0.39, 0.29) is 36.0 Å². The van der Waals surface area contributed by atoms with Gasteiger partial charge in [0, 0.05) is 26.7 Å². The molecule has 1 fully saturated rings. The lowest BCUT2D eigenvalue weighted by atomic mass is 10.4. The Morgan fingerprint density at radius 1 is 1.11 bits per heavy atom. The van der Waals surface area contributed by atoms with Crippen molar-refractivity contribution in [2.45, 2.75) is 23.1 Å². The number of sulfonamides is 2. The zero-order chi connectivity index (χ0) is 20.1. The summed E-state index contributed by atoms with van der Waals surface area (Å²) in [7, 11) is -6.17. The summed E-state index contributed by atoms with van der Waals surface area (Å²) < 4.78 is 58.4. The summed E-state index contributed by atoms with van der Waals surface area (Å²) in [4.78, 5) is 11.6. The van der Waals surface area contributed by atoms with E-state index in [1.807, 2.05) is 6.92 Å². The number of nitrogens with zero attached hydrogens (tertiary/aromatic N) is 2. The Bertz CT molecular complexity index is 847. The van der Waals surface area contributed by atoms with E-state index in [9.17, 15) is 21.6 Å². The van der Waals surface area contributed by atoms with Gasteiger partial charge < -0.3 is 10.1 Å². The molecule has 0 atom stereocenters. The van der Waals surface area contributed by atoms with E-state index in [1.54, 1.807) is 0 Å². The molecule has 1 aliphatic rings. The third kappa shape index (κ3) is 5.05. The third-order valence-corrected chi connectivity index (χ3v) is 7.91. The first-order valence-electron chi connectivity index (χ1n) is 8.62. The first kappa shape index (κ1) is 21.8. The number of likely N-dealkylation sites (N-methyl/N-ethyl adjacent to an activating group) is 1. The SMILES string of the molecule is CCCN(CC(=O)NC)S(=O)(=O)c1ccc(S(=O)(=O)N2CCOCC2)cc1. The molecule has 1 N–H and O–H groups in total. The van der Waals surface area contributed by atoms with Crippen molar-refractivity contribution >= 4 is 26.0 Å². The van der Waals surface area contributed by atoms with Gasteiger partial charge in [-0.2, -0.15) is 8.61 Å². The highest BCUT2D eigenvalue weighted by Gasteiger charge is 2.29. The second-order valence-corrected chi connectivity index (χ2v) is 9.88. The average molecular weight is 420 g/mol. The van der Waals surface area contributed by atoms with Gasteiger partial charge in [-0.1, -0.05) is 6.92 Å². The summed E-state index contributed by atoms with van der Waals surface area (Å²) in [6.07, 6.45) is 0.541. The lowest BCUT2D eigenvalue weighted by molar-refractivity contribution is -0.120. The van der Waals surface area contributed by atoms with Crippen LogP contribution >= 0.6 is 0 Å². The highest BCUT2D eigenvalue weighted by Crippen LogP contribution is 2.21. The molecule has 0 bridgehead atoms. The second-order valence-electron chi connectivity index (χ2n) is 6.00. The summed E-state index contributed by atoms with van der Waals surface area (Å²) in [6.45, 7) is 2.89. The predicted octanol–water partition coefficient (Wildman–Crippen LogP) is -0.146. The van der Waals surface area contributed by atoms with Gasteiger partial charge in [-0.15, -0.1) is 0 Å². The van der Waals surface area contributed by atoms with Crippen LogP contribution in [0.1, 0.15) is 13.3 Å². The summed E-state index contributed by atoms with van der Waals surface area (Å²) in [5, 5.41) is 2.40. The Hall–Kier alpha value is -1.53. The number of carbonyl (C=O) groups is 1. The maximum Gasteiger partial charge on any atom is 0.243 e. The van der Waals surface area contributed by atoms with E-state index >= 15 is 0 Å². The molecule has 0 unspecified atom stereocenters. The fourth-order valence-corrected chi connectivity index (χ4v) is 5.54. The molecule has 1 saturated heterocycles. The third-order valence-electron chi connectivity index (χ3n) is 4.14. The fraction of sp³-hybridized carbons (Fsp3) is 0.562. The first-order chi connectivity index (χ1) is 12.7. The number of hydrogen-bond acceptors (Lipinski definition) is 6. The maximum atomic E-state index is 12.8. The number of carbonyl (C=O) groups excluding carboxylic acids is 1. The van der Waals surface area contributed by atoms with E-state index in [1.165, 1.54) is 35.6 Å². The van der Waals surface area contributed by atoms with Crippen LogP contribution in [-0.2, 0) is 29.6 Å². The zero-order valence-electron chi connectivity index (χ0n) is 15.4. The molecule has 1 heterocycles. The van der Waals surface area contributed by atoms with Gasteiger partial charge in [-0.05, 0) is 30.7 Å². The minimum atomic E-state index is -3.91. The standard InChI is InChI=1S/C16H25N3O6S2/c1-3-8-19(13-16(20)17-2)27(23,24)15-6-4-14(5-7-15)26(21,22)18-9-11-25-12-10-18/h4-7H,3,8-13H2,1-2H3,(H,17,20). The normalized spacial score (nSPS) is 16.4. The minimum absolute atomic E-state index is 0.0247. The van der Waals surface area contributed by atoms with Gasteiger partial charge >= 0.3 is 0 Å². The Morgan fingerprint density at radius 2 is 1.67 bits per heavy atom. The number of hydrogen-bond donors (Lipinski definition) is 1. The molecule has 11 heteroatoms. The Labute approximate surface area is 160 Å². The van der Waals surface area contributed by atoms with Crippen molar-refractivity contribution in [3.8, 4) is 0 Å². The highest BCUT2D eigenvalue weighted by atomic mass is 32.2. The minimum Gasteiger partial charge on any atom is -0.379 e. The molecule has 152 valence electrons. The van der Waals surface area contributed by atoms with Crippen molar-refractivity contribution < 1.29 is 26.4 Å². The van der Waals surface area contributed by atoms with Crippen molar-refractivity contribution in [3.05, 3.63) is 24.3 Å². The molecule has 0 radical (unpaired) electrons. The number of ether oxygens (including phenoxy) is 1. The predicted molar refractivity (Wildman–Crippen MR) is 99.1 cm³/mol. The zero-order valence-corrected chi connectivity index (χ0v) is 17.1. The fourth-order valence-electron chi connectivity index (χ4n) is 2.64. The van der Waals surface area contributed by atoms with Gasteiger partial charge in [0.05, 0.1) is 29.5 Å². The molecule has 1 amide bonds. The monoisotopic (exact) mass is 419 g/mol. The number of morpholine rings is 1. The van der Waals surface area contributed by atoms with Crippen LogP contribution in [0.15, 0.2) is 34.1 Å². The van der Waals surface area contributed by atoms with Crippen LogP contribution < -0.4 is 5.32 Å². The number of nitrogens with one attached hydrogen (secondary N) is 1. The van der Waals surface area contributed by atoms with Crippen molar-refractivity contribution in [1.82, 2.24) is 13.9 Å². The van der Waals surface area contributed by atoms with Gasteiger partial charge in [0.25, 0.3) is 0 Å². The van der Waals surface area contributed by atoms with Gasteiger partial charge in [-0.25, -0.2) is 16.8 Å². The van der Waals surface area contributed by atoms with E-state index in [0.717, 1.165) is 4.31 Å². The molecule has 0 aliphatic carbocycles. The molecule has 0 saturated carbocycles. The van der Waals surface area contributed by atoms with Crippen molar-refractivity contribution in [2.75, 3.05) is 46.4 Å². The van der Waals surface area contributed by atoms with Gasteiger partial charge in [-0.3, -0.25) is 4.79 Å². The molecule has 0 spiro atoms. The largest absolute Gasteiger partial charge is 0.379 e. The second kappa shape index (κ2) is 9.11. The lowest BCUT2D eigenvalue weighted by Crippen LogP contribution is -2.41. The van der Waals surface area contributed by atoms with Gasteiger partial charge in [0.15, 0.2) is 0 Å². The summed E-state index contributed by atoms with van der Waals surface area (Å²) >= 11 is 0. The molecule has 1 aromatic rings. The summed E-state index contributed by atoms with van der Waals surface area (Å²) in [5.74, 6) is -0.418. The van der Waals surface area contributed by atoms with Crippen LogP contribution in [0.25, 0.3) is 0 Å². The number of benzene rings is 1. The first-order valence-corrected chi connectivity index (χ1v) is 11.5. The van der Waals surface area contributed by atoms with Crippen LogP contribution in [-0.4, -0.2) is 77.8 Å². The van der Waals surface area contributed by atoms with E-state index in [4.69, 9.17) is 4.74 Å². The van der Waals surface area contributed by atoms with Crippen LogP contribution in [0.4, 0.5) is 0 Å². The smallest absolute Gasteiger partial charge is 0.243 e. The van der Waals surface area contributed by atoms with Crippen molar-refractivity contribution in [3.63, 3.8) is 0 Å². The molecule has 2 rings (SSSR count).